The summed E-state index contributed by atoms with van der Waals surface area (Å²) in [5, 5.41) is 8.79. The summed E-state index contributed by atoms with van der Waals surface area (Å²) < 4.78 is 0. The van der Waals surface area contributed by atoms with Crippen LogP contribution in [0.2, 0.25) is 0 Å². The summed E-state index contributed by atoms with van der Waals surface area (Å²) in [5.74, 6) is 0. The predicted octanol–water partition coefficient (Wildman–Crippen LogP) is 3.51. The quantitative estimate of drug-likeness (QED) is 0.717. The molecule has 0 atom stereocenters. The first-order valence-electron chi connectivity index (χ1n) is 4.59. The van der Waals surface area contributed by atoms with Gasteiger partial charge in [0.05, 0.1) is 11.6 Å². The number of benzene rings is 2. The Morgan fingerprint density at radius 3 is 2.33 bits per heavy atom. The number of hydrogen-bond acceptors (Lipinski definition) is 2. The molecule has 0 aliphatic rings. The Kier molecular flexibility index (Phi) is 2.75. The topological polar surface area (TPSA) is 23.8 Å². The molecule has 2 heteroatoms. The molecule has 0 aliphatic carbocycles. The fourth-order valence-electron chi connectivity index (χ4n) is 1.42. The predicted molar refractivity (Wildman–Crippen MR) is 63.8 cm³/mol. The third-order valence-corrected chi connectivity index (χ3v) is 2.49. The average molecular weight is 211 g/mol. The number of nitriles is 1. The minimum Gasteiger partial charge on any atom is -0.192 e. The van der Waals surface area contributed by atoms with Crippen molar-refractivity contribution in [3.63, 3.8) is 0 Å². The van der Waals surface area contributed by atoms with E-state index in [0.717, 1.165) is 16.0 Å². The van der Waals surface area contributed by atoms with Crippen LogP contribution < -0.4 is 0 Å². The molecule has 0 heterocycles. The van der Waals surface area contributed by atoms with Gasteiger partial charge in [0.2, 0.25) is 0 Å². The second kappa shape index (κ2) is 4.20. The van der Waals surface area contributed by atoms with Crippen LogP contribution in [0.1, 0.15) is 5.56 Å². The van der Waals surface area contributed by atoms with Crippen LogP contribution in [0, 0.1) is 11.3 Å². The van der Waals surface area contributed by atoms with Gasteiger partial charge in [-0.25, -0.2) is 0 Å². The van der Waals surface area contributed by atoms with Crippen LogP contribution in [0.15, 0.2) is 53.4 Å². The van der Waals surface area contributed by atoms with Crippen molar-refractivity contribution in [2.45, 2.75) is 4.90 Å². The molecule has 2 rings (SSSR count). The largest absolute Gasteiger partial charge is 0.192 e. The van der Waals surface area contributed by atoms with Crippen molar-refractivity contribution in [3.05, 3.63) is 54.1 Å². The van der Waals surface area contributed by atoms with E-state index in [1.54, 1.807) is 6.07 Å². The van der Waals surface area contributed by atoms with Crippen molar-refractivity contribution in [1.29, 1.82) is 5.26 Å². The van der Waals surface area contributed by atoms with Gasteiger partial charge in [-0.1, -0.05) is 24.3 Å². The van der Waals surface area contributed by atoms with Gasteiger partial charge in [-0.05, 0) is 35.4 Å². The zero-order valence-electron chi connectivity index (χ0n) is 8.01. The SMILES string of the molecule is N#Cc1cccc(-c2ccc(S)cc2)c1. The zero-order valence-corrected chi connectivity index (χ0v) is 8.91. The lowest BCUT2D eigenvalue weighted by atomic mass is 10.0. The van der Waals surface area contributed by atoms with E-state index in [0.29, 0.717) is 5.56 Å². The molecule has 1 nitrogen and oxygen atoms in total. The number of rotatable bonds is 1. The van der Waals surface area contributed by atoms with Gasteiger partial charge in [0.15, 0.2) is 0 Å². The maximum atomic E-state index is 8.79. The molecule has 0 aliphatic heterocycles. The van der Waals surface area contributed by atoms with Gasteiger partial charge in [-0.15, -0.1) is 12.6 Å². The first-order valence-corrected chi connectivity index (χ1v) is 5.04. The minimum atomic E-state index is 0.683. The van der Waals surface area contributed by atoms with Crippen LogP contribution in [0.25, 0.3) is 11.1 Å². The molecule has 0 spiro atoms. The van der Waals surface area contributed by atoms with Crippen molar-refractivity contribution < 1.29 is 0 Å². The monoisotopic (exact) mass is 211 g/mol. The molecule has 15 heavy (non-hydrogen) atoms. The van der Waals surface area contributed by atoms with E-state index >= 15 is 0 Å². The van der Waals surface area contributed by atoms with E-state index in [1.807, 2.05) is 42.5 Å². The summed E-state index contributed by atoms with van der Waals surface area (Å²) in [6, 6.07) is 17.6. The Hall–Kier alpha value is -1.72. The van der Waals surface area contributed by atoms with Crippen LogP contribution in [0.5, 0.6) is 0 Å². The molecule has 72 valence electrons. The Morgan fingerprint density at radius 1 is 0.933 bits per heavy atom. The fraction of sp³-hybridized carbons (Fsp3) is 0. The van der Waals surface area contributed by atoms with Gasteiger partial charge in [0.25, 0.3) is 0 Å². The van der Waals surface area contributed by atoms with E-state index in [4.69, 9.17) is 5.26 Å². The summed E-state index contributed by atoms with van der Waals surface area (Å²) >= 11 is 4.23. The van der Waals surface area contributed by atoms with E-state index in [1.165, 1.54) is 0 Å². The average Bonchev–Trinajstić information content (AvgIpc) is 2.30. The smallest absolute Gasteiger partial charge is 0.0991 e. The molecule has 0 N–H and O–H groups in total. The zero-order chi connectivity index (χ0) is 10.7. The Bertz CT molecular complexity index is 509. The van der Waals surface area contributed by atoms with Crippen molar-refractivity contribution in [3.8, 4) is 17.2 Å². The fourth-order valence-corrected chi connectivity index (χ4v) is 1.57. The van der Waals surface area contributed by atoms with Crippen LogP contribution in [0.4, 0.5) is 0 Å². The molecule has 0 radical (unpaired) electrons. The molecule has 2 aromatic rings. The van der Waals surface area contributed by atoms with Crippen molar-refractivity contribution in [2.75, 3.05) is 0 Å². The first kappa shape index (κ1) is 9.82. The maximum Gasteiger partial charge on any atom is 0.0991 e. The first-order chi connectivity index (χ1) is 7.29. The van der Waals surface area contributed by atoms with E-state index < -0.39 is 0 Å². The Balaban J connectivity index is 2.46. The third-order valence-electron chi connectivity index (χ3n) is 2.19. The molecule has 0 fully saturated rings. The number of nitrogens with zero attached hydrogens (tertiary/aromatic N) is 1. The minimum absolute atomic E-state index is 0.683. The molecule has 0 amide bonds. The lowest BCUT2D eigenvalue weighted by Crippen LogP contribution is -1.79. The molecule has 2 aromatic carbocycles. The van der Waals surface area contributed by atoms with Gasteiger partial charge >= 0.3 is 0 Å². The van der Waals surface area contributed by atoms with Crippen molar-refractivity contribution in [1.82, 2.24) is 0 Å². The normalized spacial score (nSPS) is 9.60. The van der Waals surface area contributed by atoms with E-state index in [9.17, 15) is 0 Å². The number of hydrogen-bond donors (Lipinski definition) is 1. The molecule has 0 aromatic heterocycles. The summed E-state index contributed by atoms with van der Waals surface area (Å²) in [6.07, 6.45) is 0. The van der Waals surface area contributed by atoms with Gasteiger partial charge in [-0.3, -0.25) is 0 Å². The lowest BCUT2D eigenvalue weighted by Gasteiger charge is -2.01. The summed E-state index contributed by atoms with van der Waals surface area (Å²) in [7, 11) is 0. The Morgan fingerprint density at radius 2 is 1.67 bits per heavy atom. The Labute approximate surface area is 94.4 Å². The second-order valence-electron chi connectivity index (χ2n) is 3.24. The number of thiol groups is 1. The van der Waals surface area contributed by atoms with E-state index in [2.05, 4.69) is 18.7 Å². The second-order valence-corrected chi connectivity index (χ2v) is 3.76. The van der Waals surface area contributed by atoms with Gasteiger partial charge in [0.1, 0.15) is 0 Å². The van der Waals surface area contributed by atoms with Gasteiger partial charge in [0, 0.05) is 4.90 Å². The molecule has 0 unspecified atom stereocenters. The van der Waals surface area contributed by atoms with E-state index in [-0.39, 0.29) is 0 Å². The third kappa shape index (κ3) is 2.20. The molecule has 0 saturated heterocycles. The highest BCUT2D eigenvalue weighted by atomic mass is 32.1. The summed E-state index contributed by atoms with van der Waals surface area (Å²) in [6.45, 7) is 0. The van der Waals surface area contributed by atoms with Crippen LogP contribution in [-0.2, 0) is 0 Å². The van der Waals surface area contributed by atoms with Gasteiger partial charge < -0.3 is 0 Å². The standard InChI is InChI=1S/C13H9NS/c14-9-10-2-1-3-12(8-10)11-4-6-13(15)7-5-11/h1-8,15H. The van der Waals surface area contributed by atoms with Crippen LogP contribution >= 0.6 is 12.6 Å². The lowest BCUT2D eigenvalue weighted by molar-refractivity contribution is 1.45. The van der Waals surface area contributed by atoms with Gasteiger partial charge in [-0.2, -0.15) is 5.26 Å². The van der Waals surface area contributed by atoms with Crippen LogP contribution in [-0.4, -0.2) is 0 Å². The molecular formula is C13H9NS. The van der Waals surface area contributed by atoms with Crippen LogP contribution in [0.3, 0.4) is 0 Å². The molecule has 0 saturated carbocycles. The highest BCUT2D eigenvalue weighted by Crippen LogP contribution is 2.21. The maximum absolute atomic E-state index is 8.79. The molecular weight excluding hydrogens is 202 g/mol. The highest BCUT2D eigenvalue weighted by Gasteiger charge is 1.98. The highest BCUT2D eigenvalue weighted by molar-refractivity contribution is 7.80. The summed E-state index contributed by atoms with van der Waals surface area (Å²) in [5.41, 5.74) is 2.84. The molecule has 0 bridgehead atoms. The van der Waals surface area contributed by atoms with Crippen molar-refractivity contribution in [2.24, 2.45) is 0 Å². The van der Waals surface area contributed by atoms with Crippen molar-refractivity contribution >= 4 is 12.6 Å². The summed E-state index contributed by atoms with van der Waals surface area (Å²) in [4.78, 5) is 0.940.